The van der Waals surface area contributed by atoms with Crippen molar-refractivity contribution in [1.29, 1.82) is 0 Å². The van der Waals surface area contributed by atoms with Crippen molar-refractivity contribution in [3.05, 3.63) is 17.5 Å². The molecule has 0 aromatic carbocycles. The number of fused-ring (bicyclic) bond motifs is 5. The lowest BCUT2D eigenvalue weighted by Gasteiger charge is -2.36. The average Bonchev–Trinajstić information content (AvgIpc) is 3.24. The van der Waals surface area contributed by atoms with Crippen LogP contribution in [0.5, 0.6) is 0 Å². The Morgan fingerprint density at radius 2 is 1.79 bits per heavy atom. The third-order valence-corrected chi connectivity index (χ3v) is 9.01. The Morgan fingerprint density at radius 3 is 2.59 bits per heavy atom. The minimum atomic E-state index is -0.208. The van der Waals surface area contributed by atoms with E-state index in [-0.39, 0.29) is 5.60 Å². The van der Waals surface area contributed by atoms with Gasteiger partial charge in [0.1, 0.15) is 22.0 Å². The number of thioether (sulfide) groups is 1. The third-order valence-electron chi connectivity index (χ3n) is 6.83. The number of aromatic nitrogens is 3. The summed E-state index contributed by atoms with van der Waals surface area (Å²) < 4.78 is 18.5. The average molecular weight is 502 g/mol. The molecule has 0 radical (unpaired) electrons. The molecule has 2 saturated heterocycles. The van der Waals surface area contributed by atoms with Crippen molar-refractivity contribution in [1.82, 2.24) is 19.9 Å². The summed E-state index contributed by atoms with van der Waals surface area (Å²) in [7, 11) is 0. The van der Waals surface area contributed by atoms with Crippen LogP contribution in [0.2, 0.25) is 0 Å². The molecule has 0 bridgehead atoms. The smallest absolute Gasteiger partial charge is 0.136 e. The second-order valence-electron chi connectivity index (χ2n) is 9.66. The van der Waals surface area contributed by atoms with Gasteiger partial charge < -0.3 is 19.1 Å². The molecule has 0 saturated carbocycles. The zero-order chi connectivity index (χ0) is 23.1. The lowest BCUT2D eigenvalue weighted by Crippen LogP contribution is -2.39. The fourth-order valence-electron chi connectivity index (χ4n) is 5.00. The van der Waals surface area contributed by atoms with Crippen molar-refractivity contribution < 1.29 is 14.2 Å². The van der Waals surface area contributed by atoms with E-state index >= 15 is 0 Å². The highest BCUT2D eigenvalue weighted by atomic mass is 32.2. The van der Waals surface area contributed by atoms with E-state index in [0.717, 1.165) is 97.2 Å². The van der Waals surface area contributed by atoms with Gasteiger partial charge >= 0.3 is 0 Å². The predicted octanol–water partition coefficient (Wildman–Crippen LogP) is 3.35. The van der Waals surface area contributed by atoms with Crippen LogP contribution < -0.4 is 4.90 Å². The molecule has 0 spiro atoms. The number of morpholine rings is 2. The van der Waals surface area contributed by atoms with Crippen molar-refractivity contribution in [3.8, 4) is 0 Å². The molecule has 0 N–H and O–H groups in total. The zero-order valence-corrected chi connectivity index (χ0v) is 21.5. The maximum atomic E-state index is 6.25. The number of nitrogens with zero attached hydrogens (tertiary/aromatic N) is 5. The maximum absolute atomic E-state index is 6.25. The third kappa shape index (κ3) is 4.40. The Morgan fingerprint density at radius 1 is 1.03 bits per heavy atom. The molecule has 3 aliphatic rings. The summed E-state index contributed by atoms with van der Waals surface area (Å²) in [6.45, 7) is 12.9. The first kappa shape index (κ1) is 22.9. The monoisotopic (exact) mass is 501 g/mol. The first-order chi connectivity index (χ1) is 16.6. The molecule has 2 fully saturated rings. The van der Waals surface area contributed by atoms with E-state index < -0.39 is 0 Å². The van der Waals surface area contributed by atoms with Crippen molar-refractivity contribution in [2.75, 3.05) is 69.8 Å². The highest BCUT2D eigenvalue weighted by Crippen LogP contribution is 2.44. The molecule has 10 heteroatoms. The Hall–Kier alpha value is -1.56. The molecular formula is C24H31N5O3S2. The second-order valence-corrected chi connectivity index (χ2v) is 11.7. The van der Waals surface area contributed by atoms with E-state index in [1.54, 1.807) is 17.7 Å². The quantitative estimate of drug-likeness (QED) is 0.387. The highest BCUT2D eigenvalue weighted by Gasteiger charge is 2.33. The van der Waals surface area contributed by atoms with Crippen LogP contribution in [0, 0.1) is 0 Å². The number of hydrogen-bond acceptors (Lipinski definition) is 10. The van der Waals surface area contributed by atoms with Crippen LogP contribution in [0.15, 0.2) is 11.4 Å². The van der Waals surface area contributed by atoms with Gasteiger partial charge in [-0.15, -0.1) is 23.1 Å². The van der Waals surface area contributed by atoms with Crippen molar-refractivity contribution in [3.63, 3.8) is 0 Å². The van der Waals surface area contributed by atoms with E-state index in [1.165, 1.54) is 16.5 Å². The molecule has 0 atom stereocenters. The largest absolute Gasteiger partial charge is 0.379 e. The van der Waals surface area contributed by atoms with Gasteiger partial charge in [0.2, 0.25) is 0 Å². The molecule has 6 heterocycles. The molecule has 0 aliphatic carbocycles. The van der Waals surface area contributed by atoms with Crippen molar-refractivity contribution >= 4 is 49.3 Å². The van der Waals surface area contributed by atoms with Gasteiger partial charge in [0.25, 0.3) is 0 Å². The Bertz CT molecular complexity index is 1190. The number of rotatable bonds is 5. The standard InChI is InChI=1S/C24H31N5O3S2/c1-24(2)13-16-17(14-32-24)21(29-5-10-31-11-6-29)27-22-18(16)19-20(34-22)23(26-15-25-19)33-12-7-28-3-8-30-9-4-28/h15H,3-14H2,1-2H3. The number of thiophene rings is 1. The highest BCUT2D eigenvalue weighted by molar-refractivity contribution is 7.99. The fourth-order valence-corrected chi connectivity index (χ4v) is 7.24. The lowest BCUT2D eigenvalue weighted by atomic mass is 9.90. The van der Waals surface area contributed by atoms with Gasteiger partial charge in [0.15, 0.2) is 0 Å². The van der Waals surface area contributed by atoms with Crippen LogP contribution in [-0.2, 0) is 27.2 Å². The van der Waals surface area contributed by atoms with E-state index in [2.05, 4.69) is 28.6 Å². The SMILES string of the molecule is CC1(C)Cc2c(c(N3CCOCC3)nc3sc4c(SCCN5CCOCC5)ncnc4c23)CO1. The van der Waals surface area contributed by atoms with Gasteiger partial charge in [-0.05, 0) is 19.4 Å². The van der Waals surface area contributed by atoms with Gasteiger partial charge in [0.05, 0.1) is 48.9 Å². The van der Waals surface area contributed by atoms with Crippen LogP contribution in [0.25, 0.3) is 20.4 Å². The summed E-state index contributed by atoms with van der Waals surface area (Å²) in [6.07, 6.45) is 2.58. The molecule has 8 nitrogen and oxygen atoms in total. The van der Waals surface area contributed by atoms with Gasteiger partial charge in [-0.25, -0.2) is 15.0 Å². The number of pyridine rings is 1. The maximum Gasteiger partial charge on any atom is 0.136 e. The first-order valence-corrected chi connectivity index (χ1v) is 13.9. The van der Waals surface area contributed by atoms with Crippen LogP contribution in [-0.4, -0.2) is 90.4 Å². The summed E-state index contributed by atoms with van der Waals surface area (Å²) in [4.78, 5) is 20.5. The van der Waals surface area contributed by atoms with Gasteiger partial charge in [-0.1, -0.05) is 0 Å². The van der Waals surface area contributed by atoms with Gasteiger partial charge in [0, 0.05) is 55.8 Å². The molecule has 0 unspecified atom stereocenters. The molecule has 0 amide bonds. The van der Waals surface area contributed by atoms with E-state index in [9.17, 15) is 0 Å². The zero-order valence-electron chi connectivity index (χ0n) is 19.8. The van der Waals surface area contributed by atoms with Crippen molar-refractivity contribution in [2.45, 2.75) is 37.5 Å². The molecule has 3 aliphatic heterocycles. The normalized spacial score (nSPS) is 21.3. The van der Waals surface area contributed by atoms with E-state index in [4.69, 9.17) is 24.2 Å². The summed E-state index contributed by atoms with van der Waals surface area (Å²) in [5, 5.41) is 2.26. The van der Waals surface area contributed by atoms with Crippen LogP contribution >= 0.6 is 23.1 Å². The Labute approximate surface area is 208 Å². The van der Waals surface area contributed by atoms with Gasteiger partial charge in [-0.2, -0.15) is 0 Å². The molecule has 182 valence electrons. The molecule has 3 aromatic heterocycles. The van der Waals surface area contributed by atoms with Crippen LogP contribution in [0.3, 0.4) is 0 Å². The Kier molecular flexibility index (Phi) is 6.38. The lowest BCUT2D eigenvalue weighted by molar-refractivity contribution is -0.0396. The van der Waals surface area contributed by atoms with Crippen molar-refractivity contribution in [2.24, 2.45) is 0 Å². The molecule has 3 aromatic rings. The van der Waals surface area contributed by atoms with Gasteiger partial charge in [-0.3, -0.25) is 4.90 Å². The predicted molar refractivity (Wildman–Crippen MR) is 136 cm³/mol. The number of ether oxygens (including phenoxy) is 3. The molecule has 34 heavy (non-hydrogen) atoms. The second kappa shape index (κ2) is 9.48. The first-order valence-electron chi connectivity index (χ1n) is 12.1. The fraction of sp³-hybridized carbons (Fsp3) is 0.625. The van der Waals surface area contributed by atoms with Crippen LogP contribution in [0.4, 0.5) is 5.82 Å². The van der Waals surface area contributed by atoms with Crippen LogP contribution in [0.1, 0.15) is 25.0 Å². The summed E-state index contributed by atoms with van der Waals surface area (Å²) in [5.41, 5.74) is 3.39. The van der Waals surface area contributed by atoms with E-state index in [0.29, 0.717) is 6.61 Å². The van der Waals surface area contributed by atoms with E-state index in [1.807, 2.05) is 11.8 Å². The minimum absolute atomic E-state index is 0.208. The molecular weight excluding hydrogens is 470 g/mol. The summed E-state index contributed by atoms with van der Waals surface area (Å²) in [5.74, 6) is 2.06. The minimum Gasteiger partial charge on any atom is -0.379 e. The summed E-state index contributed by atoms with van der Waals surface area (Å²) in [6, 6.07) is 0. The number of hydrogen-bond donors (Lipinski definition) is 0. The summed E-state index contributed by atoms with van der Waals surface area (Å²) >= 11 is 3.56. The Balaban J connectivity index is 1.39. The molecule has 6 rings (SSSR count). The topological polar surface area (TPSA) is 72.8 Å². The number of anilines is 1.